The summed E-state index contributed by atoms with van der Waals surface area (Å²) >= 11 is 0. The van der Waals surface area contributed by atoms with Crippen LogP contribution >= 0.6 is 0 Å². The summed E-state index contributed by atoms with van der Waals surface area (Å²) in [4.78, 5) is 23.0. The third-order valence-corrected chi connectivity index (χ3v) is 2.72. The van der Waals surface area contributed by atoms with Crippen LogP contribution in [0.15, 0.2) is 30.3 Å². The summed E-state index contributed by atoms with van der Waals surface area (Å²) < 4.78 is 41.6. The molecule has 1 aromatic rings. The molecule has 0 aliphatic heterocycles. The zero-order chi connectivity index (χ0) is 16.6. The van der Waals surface area contributed by atoms with Gasteiger partial charge in [-0.25, -0.2) is 4.79 Å². The van der Waals surface area contributed by atoms with Crippen molar-refractivity contribution in [3.05, 3.63) is 35.9 Å². The molecule has 0 spiro atoms. The predicted molar refractivity (Wildman–Crippen MR) is 71.1 cm³/mol. The molecule has 0 bridgehead atoms. The summed E-state index contributed by atoms with van der Waals surface area (Å²) in [6.07, 6.45) is -7.05. The molecule has 1 aromatic carbocycles. The molecule has 0 heterocycles. The number of carbonyl (C=O) groups excluding carboxylic acids is 1. The summed E-state index contributed by atoms with van der Waals surface area (Å²) in [5.41, 5.74) is 0.685. The van der Waals surface area contributed by atoms with Gasteiger partial charge in [-0.05, 0) is 5.56 Å². The number of halogens is 3. The molecule has 0 radical (unpaired) electrons. The van der Waals surface area contributed by atoms with E-state index in [2.05, 4.69) is 0 Å². The van der Waals surface area contributed by atoms with Gasteiger partial charge < -0.3 is 14.7 Å². The molecule has 0 saturated carbocycles. The van der Waals surface area contributed by atoms with E-state index >= 15 is 0 Å². The number of hydrogen-bond acceptors (Lipinski definition) is 3. The molecular formula is C14H16F3NO4. The minimum absolute atomic E-state index is 0.0880. The van der Waals surface area contributed by atoms with Crippen molar-refractivity contribution in [2.24, 2.45) is 0 Å². The summed E-state index contributed by atoms with van der Waals surface area (Å²) in [5, 5.41) is 8.58. The third kappa shape index (κ3) is 7.51. The lowest BCUT2D eigenvalue weighted by Gasteiger charge is -2.22. The van der Waals surface area contributed by atoms with Crippen LogP contribution in [0.4, 0.5) is 18.0 Å². The minimum Gasteiger partial charge on any atom is -0.481 e. The molecule has 0 atom stereocenters. The van der Waals surface area contributed by atoms with E-state index in [-0.39, 0.29) is 13.2 Å². The van der Waals surface area contributed by atoms with Crippen molar-refractivity contribution < 1.29 is 32.6 Å². The molecule has 0 aliphatic carbocycles. The molecule has 1 amide bonds. The van der Waals surface area contributed by atoms with Gasteiger partial charge in [0.2, 0.25) is 0 Å². The van der Waals surface area contributed by atoms with E-state index in [9.17, 15) is 22.8 Å². The topological polar surface area (TPSA) is 66.8 Å². The maximum atomic E-state index is 12.2. The highest BCUT2D eigenvalue weighted by atomic mass is 19.4. The van der Waals surface area contributed by atoms with E-state index < -0.39 is 37.6 Å². The van der Waals surface area contributed by atoms with Crippen molar-refractivity contribution in [1.29, 1.82) is 0 Å². The lowest BCUT2D eigenvalue weighted by atomic mass is 10.2. The Hall–Kier alpha value is -2.25. The van der Waals surface area contributed by atoms with Gasteiger partial charge in [0.25, 0.3) is 0 Å². The van der Waals surface area contributed by atoms with Crippen LogP contribution in [0.3, 0.4) is 0 Å². The molecule has 22 heavy (non-hydrogen) atoms. The Morgan fingerprint density at radius 1 is 1.14 bits per heavy atom. The van der Waals surface area contributed by atoms with Gasteiger partial charge in [-0.3, -0.25) is 4.79 Å². The first-order valence-corrected chi connectivity index (χ1v) is 6.52. The molecule has 1 N–H and O–H groups in total. The van der Waals surface area contributed by atoms with E-state index in [0.717, 1.165) is 4.90 Å². The van der Waals surface area contributed by atoms with Crippen molar-refractivity contribution in [1.82, 2.24) is 4.90 Å². The first-order valence-electron chi connectivity index (χ1n) is 6.52. The Morgan fingerprint density at radius 3 is 2.32 bits per heavy atom. The number of alkyl halides is 3. The van der Waals surface area contributed by atoms with Gasteiger partial charge >= 0.3 is 18.2 Å². The highest BCUT2D eigenvalue weighted by Crippen LogP contribution is 2.20. The molecule has 122 valence electrons. The summed E-state index contributed by atoms with van der Waals surface area (Å²) in [6, 6.07) is 8.63. The van der Waals surface area contributed by atoms with Gasteiger partial charge in [0.05, 0.1) is 12.8 Å². The molecule has 0 fully saturated rings. The molecule has 0 aromatic heterocycles. The average molecular weight is 319 g/mol. The number of benzene rings is 1. The average Bonchev–Trinajstić information content (AvgIpc) is 2.44. The second-order valence-corrected chi connectivity index (χ2v) is 4.54. The zero-order valence-corrected chi connectivity index (χ0v) is 11.7. The maximum absolute atomic E-state index is 12.2. The zero-order valence-electron chi connectivity index (χ0n) is 11.7. The van der Waals surface area contributed by atoms with Crippen molar-refractivity contribution in [3.63, 3.8) is 0 Å². The second-order valence-electron chi connectivity index (χ2n) is 4.54. The monoisotopic (exact) mass is 319 g/mol. The van der Waals surface area contributed by atoms with Crippen LogP contribution in [-0.2, 0) is 16.1 Å². The van der Waals surface area contributed by atoms with Crippen LogP contribution in [0.5, 0.6) is 0 Å². The number of aliphatic carboxylic acids is 1. The smallest absolute Gasteiger partial charge is 0.410 e. The van der Waals surface area contributed by atoms with Crippen LogP contribution in [0.25, 0.3) is 0 Å². The molecule has 0 saturated heterocycles. The number of hydrogen-bond donors (Lipinski definition) is 1. The highest BCUT2D eigenvalue weighted by molar-refractivity contribution is 5.70. The lowest BCUT2D eigenvalue weighted by Crippen LogP contribution is -2.36. The molecule has 1 rings (SSSR count). The predicted octanol–water partition coefficient (Wildman–Crippen LogP) is 3.05. The standard InChI is InChI=1S/C14H16F3NO4/c15-14(16,17)7-9-18(8-6-12(19)20)13(21)22-10-11-4-2-1-3-5-11/h1-5H,6-10H2,(H,19,20). The van der Waals surface area contributed by atoms with Gasteiger partial charge in [-0.2, -0.15) is 13.2 Å². The van der Waals surface area contributed by atoms with Gasteiger partial charge in [0.1, 0.15) is 6.61 Å². The van der Waals surface area contributed by atoms with E-state index in [1.165, 1.54) is 0 Å². The van der Waals surface area contributed by atoms with E-state index in [1.807, 2.05) is 0 Å². The summed E-state index contributed by atoms with van der Waals surface area (Å²) in [7, 11) is 0. The number of carboxylic acid groups (broad SMARTS) is 1. The first-order chi connectivity index (χ1) is 10.3. The van der Waals surface area contributed by atoms with Gasteiger partial charge in [0.15, 0.2) is 0 Å². The quantitative estimate of drug-likeness (QED) is 0.839. The summed E-state index contributed by atoms with van der Waals surface area (Å²) in [5.74, 6) is -1.20. The van der Waals surface area contributed by atoms with E-state index in [4.69, 9.17) is 9.84 Å². The normalized spacial score (nSPS) is 11.0. The fourth-order valence-electron chi connectivity index (χ4n) is 1.60. The molecular weight excluding hydrogens is 303 g/mol. The van der Waals surface area contributed by atoms with Crippen LogP contribution in [0, 0.1) is 0 Å². The van der Waals surface area contributed by atoms with Crippen molar-refractivity contribution in [3.8, 4) is 0 Å². The largest absolute Gasteiger partial charge is 0.481 e. The Morgan fingerprint density at radius 2 is 1.77 bits per heavy atom. The number of amides is 1. The molecule has 5 nitrogen and oxygen atoms in total. The number of rotatable bonds is 7. The maximum Gasteiger partial charge on any atom is 0.410 e. The molecule has 0 aliphatic rings. The van der Waals surface area contributed by atoms with E-state index in [0.29, 0.717) is 5.56 Å². The van der Waals surface area contributed by atoms with Crippen LogP contribution < -0.4 is 0 Å². The first kappa shape index (κ1) is 17.8. The fraction of sp³-hybridized carbons (Fsp3) is 0.429. The number of carbonyl (C=O) groups is 2. The van der Waals surface area contributed by atoms with Gasteiger partial charge in [-0.1, -0.05) is 30.3 Å². The second kappa shape index (κ2) is 8.26. The highest BCUT2D eigenvalue weighted by Gasteiger charge is 2.29. The Kier molecular flexibility index (Phi) is 6.68. The fourth-order valence-corrected chi connectivity index (χ4v) is 1.60. The van der Waals surface area contributed by atoms with E-state index in [1.54, 1.807) is 30.3 Å². The Bertz CT molecular complexity index is 491. The van der Waals surface area contributed by atoms with Crippen molar-refractivity contribution in [2.45, 2.75) is 25.6 Å². The van der Waals surface area contributed by atoms with Crippen LogP contribution in [0.1, 0.15) is 18.4 Å². The summed E-state index contributed by atoms with van der Waals surface area (Å²) in [6.45, 7) is -1.06. The number of carboxylic acids is 1. The SMILES string of the molecule is O=C(O)CCN(CCC(F)(F)F)C(=O)OCc1ccccc1. The van der Waals surface area contributed by atoms with Gasteiger partial charge in [0, 0.05) is 13.1 Å². The van der Waals surface area contributed by atoms with Crippen LogP contribution in [-0.4, -0.2) is 41.3 Å². The molecule has 0 unspecified atom stereocenters. The van der Waals surface area contributed by atoms with Crippen molar-refractivity contribution >= 4 is 12.1 Å². The lowest BCUT2D eigenvalue weighted by molar-refractivity contribution is -0.138. The van der Waals surface area contributed by atoms with Gasteiger partial charge in [-0.15, -0.1) is 0 Å². The number of nitrogens with zero attached hydrogens (tertiary/aromatic N) is 1. The minimum atomic E-state index is -4.43. The third-order valence-electron chi connectivity index (χ3n) is 2.72. The van der Waals surface area contributed by atoms with Crippen molar-refractivity contribution in [2.75, 3.05) is 13.1 Å². The van der Waals surface area contributed by atoms with Crippen LogP contribution in [0.2, 0.25) is 0 Å². The number of ether oxygens (including phenoxy) is 1. The Balaban J connectivity index is 2.55. The Labute approximate surface area is 125 Å². The molecule has 8 heteroatoms.